The first-order valence-electron chi connectivity index (χ1n) is 9.69. The van der Waals surface area contributed by atoms with Crippen molar-refractivity contribution < 1.29 is 31.9 Å². The van der Waals surface area contributed by atoms with E-state index in [4.69, 9.17) is 0 Å². The summed E-state index contributed by atoms with van der Waals surface area (Å²) in [7, 11) is 0. The monoisotopic (exact) mass is 439 g/mol. The molecule has 10 heteroatoms. The third kappa shape index (κ3) is 6.22. The Kier molecular flexibility index (Phi) is 6.87. The predicted octanol–water partition coefficient (Wildman–Crippen LogP) is 3.77. The number of carbonyl (C=O) groups excluding carboxylic acids is 2. The van der Waals surface area contributed by atoms with Gasteiger partial charge < -0.3 is 10.1 Å². The van der Waals surface area contributed by atoms with Crippen LogP contribution in [-0.4, -0.2) is 40.6 Å². The number of aromatic nitrogens is 2. The van der Waals surface area contributed by atoms with Crippen LogP contribution in [0.5, 0.6) is 5.88 Å². The fourth-order valence-corrected chi connectivity index (χ4v) is 2.77. The second-order valence-electron chi connectivity index (χ2n) is 7.43. The molecule has 1 atom stereocenters. The number of hydrogen-bond donors (Lipinski definition) is 1. The average Bonchev–Trinajstić information content (AvgIpc) is 3.58. The highest BCUT2D eigenvalue weighted by molar-refractivity contribution is 5.94. The summed E-state index contributed by atoms with van der Waals surface area (Å²) in [4.78, 5) is 32.4. The van der Waals surface area contributed by atoms with Gasteiger partial charge in [0.05, 0.1) is 6.04 Å². The van der Waals surface area contributed by atoms with E-state index in [2.05, 4.69) is 20.0 Å². The maximum absolute atomic E-state index is 12.9. The molecule has 3 rings (SSSR count). The number of hydrogen-bond acceptors (Lipinski definition) is 5. The summed E-state index contributed by atoms with van der Waals surface area (Å²) >= 11 is 0. The van der Waals surface area contributed by atoms with Crippen molar-refractivity contribution in [2.24, 2.45) is 5.92 Å². The molecule has 2 aromatic rings. The molecule has 0 spiro atoms. The summed E-state index contributed by atoms with van der Waals surface area (Å²) in [6, 6.07) is 5.36. The highest BCUT2D eigenvalue weighted by Gasteiger charge is 2.41. The minimum Gasteiger partial charge on any atom is -0.471 e. The van der Waals surface area contributed by atoms with E-state index in [1.165, 1.54) is 30.6 Å². The molecule has 1 aliphatic rings. The summed E-state index contributed by atoms with van der Waals surface area (Å²) in [5.41, 5.74) is 1.43. The SMILES string of the molecule is CC(NC(=O)c1ccnc(CC(=O)C2CC2)c1)c1ccc(OCC(F)(F)C(F)F)nc1. The van der Waals surface area contributed by atoms with Gasteiger partial charge in [0.15, 0.2) is 6.61 Å². The Labute approximate surface area is 176 Å². The molecule has 2 aromatic heterocycles. The van der Waals surface area contributed by atoms with Crippen molar-refractivity contribution >= 4 is 11.7 Å². The molecule has 1 amide bonds. The van der Waals surface area contributed by atoms with Crippen molar-refractivity contribution in [2.75, 3.05) is 6.61 Å². The number of rotatable bonds is 10. The van der Waals surface area contributed by atoms with Crippen molar-refractivity contribution in [3.8, 4) is 5.88 Å². The van der Waals surface area contributed by atoms with Gasteiger partial charge >= 0.3 is 12.3 Å². The van der Waals surface area contributed by atoms with Crippen LogP contribution < -0.4 is 10.1 Å². The number of nitrogens with one attached hydrogen (secondary N) is 1. The van der Waals surface area contributed by atoms with Crippen LogP contribution in [0.4, 0.5) is 17.6 Å². The van der Waals surface area contributed by atoms with E-state index in [0.29, 0.717) is 16.8 Å². The number of Topliss-reactive ketones (excluding diaryl/α,β-unsaturated/α-hetero) is 1. The molecule has 1 aliphatic carbocycles. The van der Waals surface area contributed by atoms with Crippen molar-refractivity contribution in [3.63, 3.8) is 0 Å². The predicted molar refractivity (Wildman–Crippen MR) is 102 cm³/mol. The van der Waals surface area contributed by atoms with Crippen LogP contribution in [0.25, 0.3) is 0 Å². The number of amides is 1. The minimum absolute atomic E-state index is 0.111. The van der Waals surface area contributed by atoms with Crippen molar-refractivity contribution in [1.29, 1.82) is 0 Å². The highest BCUT2D eigenvalue weighted by atomic mass is 19.3. The van der Waals surface area contributed by atoms with E-state index >= 15 is 0 Å². The third-order valence-corrected chi connectivity index (χ3v) is 4.81. The molecular weight excluding hydrogens is 418 g/mol. The Hall–Kier alpha value is -3.04. The van der Waals surface area contributed by atoms with Crippen molar-refractivity contribution in [2.45, 2.75) is 44.6 Å². The van der Waals surface area contributed by atoms with Crippen LogP contribution in [-0.2, 0) is 11.2 Å². The Morgan fingerprint density at radius 2 is 1.97 bits per heavy atom. The van der Waals surface area contributed by atoms with Crippen LogP contribution in [0.1, 0.15) is 47.4 Å². The molecule has 1 unspecified atom stereocenters. The number of alkyl halides is 4. The summed E-state index contributed by atoms with van der Waals surface area (Å²) < 4.78 is 54.8. The molecule has 1 fully saturated rings. The summed E-state index contributed by atoms with van der Waals surface area (Å²) in [6.07, 6.45) is 0.941. The van der Waals surface area contributed by atoms with Gasteiger partial charge in [0.2, 0.25) is 5.88 Å². The van der Waals surface area contributed by atoms with Crippen LogP contribution in [0.3, 0.4) is 0 Å². The van der Waals surface area contributed by atoms with Gasteiger partial charge in [0.25, 0.3) is 5.91 Å². The quantitative estimate of drug-likeness (QED) is 0.570. The first-order chi connectivity index (χ1) is 14.7. The van der Waals surface area contributed by atoms with E-state index < -0.39 is 25.0 Å². The second-order valence-corrected chi connectivity index (χ2v) is 7.43. The average molecular weight is 439 g/mol. The lowest BCUT2D eigenvalue weighted by Gasteiger charge is -2.17. The molecule has 6 nitrogen and oxygen atoms in total. The third-order valence-electron chi connectivity index (χ3n) is 4.81. The van der Waals surface area contributed by atoms with Crippen LogP contribution in [0, 0.1) is 5.92 Å². The fourth-order valence-electron chi connectivity index (χ4n) is 2.77. The number of nitrogens with zero attached hydrogens (tertiary/aromatic N) is 2. The van der Waals surface area contributed by atoms with Crippen LogP contribution in [0.2, 0.25) is 0 Å². The minimum atomic E-state index is -4.27. The standard InChI is InChI=1S/C21H21F4N3O3/c1-12(15-4-5-18(27-10-15)31-11-21(24,25)20(22)23)28-19(30)14-6-7-26-16(8-14)9-17(29)13-2-3-13/h4-8,10,12-13,20H,2-3,9,11H2,1H3,(H,28,30). The zero-order valence-electron chi connectivity index (χ0n) is 16.7. The summed E-state index contributed by atoms with van der Waals surface area (Å²) in [6.45, 7) is 0.204. The maximum atomic E-state index is 12.9. The topological polar surface area (TPSA) is 81.2 Å². The molecule has 1 N–H and O–H groups in total. The van der Waals surface area contributed by atoms with E-state index in [9.17, 15) is 27.2 Å². The smallest absolute Gasteiger partial charge is 0.340 e. The van der Waals surface area contributed by atoms with Gasteiger partial charge in [-0.15, -0.1) is 0 Å². The molecule has 2 heterocycles. The van der Waals surface area contributed by atoms with Gasteiger partial charge in [-0.25, -0.2) is 13.8 Å². The van der Waals surface area contributed by atoms with Gasteiger partial charge in [-0.2, -0.15) is 8.78 Å². The van der Waals surface area contributed by atoms with Crippen LogP contribution in [0.15, 0.2) is 36.7 Å². The number of pyridine rings is 2. The molecule has 0 aromatic carbocycles. The van der Waals surface area contributed by atoms with Crippen LogP contribution >= 0.6 is 0 Å². The summed E-state index contributed by atoms with van der Waals surface area (Å²) in [5, 5.41) is 2.77. The lowest BCUT2D eigenvalue weighted by atomic mass is 10.1. The Balaban J connectivity index is 1.56. The number of halogens is 4. The number of ether oxygens (including phenoxy) is 1. The summed E-state index contributed by atoms with van der Waals surface area (Å²) in [5.74, 6) is -4.65. The van der Waals surface area contributed by atoms with Gasteiger partial charge in [-0.1, -0.05) is 6.07 Å². The van der Waals surface area contributed by atoms with Gasteiger partial charge in [0, 0.05) is 42.1 Å². The van der Waals surface area contributed by atoms with Gasteiger partial charge in [-0.05, 0) is 37.5 Å². The largest absolute Gasteiger partial charge is 0.471 e. The molecule has 0 bridgehead atoms. The highest BCUT2D eigenvalue weighted by Crippen LogP contribution is 2.30. The van der Waals surface area contributed by atoms with E-state index in [-0.39, 0.29) is 29.9 Å². The van der Waals surface area contributed by atoms with Gasteiger partial charge in [-0.3, -0.25) is 14.6 Å². The Morgan fingerprint density at radius 3 is 2.58 bits per heavy atom. The normalized spacial score (nSPS) is 14.9. The first-order valence-corrected chi connectivity index (χ1v) is 9.69. The lowest BCUT2D eigenvalue weighted by molar-refractivity contribution is -0.148. The molecule has 1 saturated carbocycles. The molecular formula is C21H21F4N3O3. The first kappa shape index (κ1) is 22.6. The zero-order valence-corrected chi connectivity index (χ0v) is 16.7. The fraction of sp³-hybridized carbons (Fsp3) is 0.429. The molecule has 0 radical (unpaired) electrons. The maximum Gasteiger partial charge on any atom is 0.340 e. The second kappa shape index (κ2) is 9.40. The lowest BCUT2D eigenvalue weighted by Crippen LogP contribution is -2.33. The molecule has 166 valence electrons. The Morgan fingerprint density at radius 1 is 1.23 bits per heavy atom. The van der Waals surface area contributed by atoms with Crippen molar-refractivity contribution in [3.05, 3.63) is 53.5 Å². The molecule has 31 heavy (non-hydrogen) atoms. The number of ketones is 1. The zero-order chi connectivity index (χ0) is 22.6. The van der Waals surface area contributed by atoms with E-state index in [0.717, 1.165) is 12.8 Å². The Bertz CT molecular complexity index is 934. The van der Waals surface area contributed by atoms with E-state index in [1.807, 2.05) is 0 Å². The number of carbonyl (C=O) groups is 2. The van der Waals surface area contributed by atoms with E-state index in [1.54, 1.807) is 13.0 Å². The van der Waals surface area contributed by atoms with Crippen molar-refractivity contribution in [1.82, 2.24) is 15.3 Å². The molecule has 0 saturated heterocycles. The van der Waals surface area contributed by atoms with Gasteiger partial charge in [0.1, 0.15) is 5.78 Å². The molecule has 0 aliphatic heterocycles.